The summed E-state index contributed by atoms with van der Waals surface area (Å²) in [6, 6.07) is 7.49. The van der Waals surface area contributed by atoms with Gasteiger partial charge < -0.3 is 9.47 Å². The maximum atomic E-state index is 11.4. The van der Waals surface area contributed by atoms with Gasteiger partial charge in [-0.3, -0.25) is 10.1 Å². The minimum Gasteiger partial charge on any atom is -0.491 e. The first-order chi connectivity index (χ1) is 8.95. The van der Waals surface area contributed by atoms with Gasteiger partial charge in [0.05, 0.1) is 13.2 Å². The van der Waals surface area contributed by atoms with Crippen molar-refractivity contribution in [3.63, 3.8) is 0 Å². The predicted molar refractivity (Wildman–Crippen MR) is 75.2 cm³/mol. The van der Waals surface area contributed by atoms with Gasteiger partial charge >= 0.3 is 5.97 Å². The van der Waals surface area contributed by atoms with E-state index in [1.807, 2.05) is 45.0 Å². The molecule has 0 aliphatic heterocycles. The first-order valence-electron chi connectivity index (χ1n) is 6.55. The van der Waals surface area contributed by atoms with Crippen LogP contribution in [0.5, 0.6) is 5.75 Å². The highest BCUT2D eigenvalue weighted by molar-refractivity contribution is 5.75. The summed E-state index contributed by atoms with van der Waals surface area (Å²) in [4.78, 5) is 11.4. The van der Waals surface area contributed by atoms with Crippen LogP contribution in [0.3, 0.4) is 0 Å². The van der Waals surface area contributed by atoms with Gasteiger partial charge in [-0.1, -0.05) is 18.2 Å². The molecule has 2 unspecified atom stereocenters. The molecule has 0 fully saturated rings. The number of rotatable bonds is 6. The van der Waals surface area contributed by atoms with E-state index in [4.69, 9.17) is 9.47 Å². The molecule has 0 aromatic heterocycles. The third kappa shape index (κ3) is 4.56. The number of nitrogens with one attached hydrogen (secondary N) is 1. The molecule has 0 spiro atoms. The third-order valence-electron chi connectivity index (χ3n) is 2.80. The zero-order valence-corrected chi connectivity index (χ0v) is 12.3. The Labute approximate surface area is 115 Å². The van der Waals surface area contributed by atoms with Gasteiger partial charge in [-0.15, -0.1) is 0 Å². The quantitative estimate of drug-likeness (QED) is 0.803. The molecule has 1 aromatic rings. The maximum absolute atomic E-state index is 11.4. The van der Waals surface area contributed by atoms with Crippen molar-refractivity contribution in [1.82, 2.24) is 5.32 Å². The molecule has 0 amide bonds. The van der Waals surface area contributed by atoms with Gasteiger partial charge in [0.1, 0.15) is 11.8 Å². The minimum absolute atomic E-state index is 0.00375. The first kappa shape index (κ1) is 15.5. The Hall–Kier alpha value is -1.55. The summed E-state index contributed by atoms with van der Waals surface area (Å²) in [6.45, 7) is 7.77. The van der Waals surface area contributed by atoms with Crippen molar-refractivity contribution in [2.24, 2.45) is 0 Å². The number of carbonyl (C=O) groups is 1. The van der Waals surface area contributed by atoms with Crippen molar-refractivity contribution >= 4 is 5.97 Å². The minimum atomic E-state index is -0.355. The summed E-state index contributed by atoms with van der Waals surface area (Å²) in [6.07, 6.45) is 0.117. The van der Waals surface area contributed by atoms with E-state index in [-0.39, 0.29) is 24.2 Å². The molecule has 0 aliphatic carbocycles. The summed E-state index contributed by atoms with van der Waals surface area (Å²) in [5.41, 5.74) is 1.03. The fraction of sp³-hybridized carbons (Fsp3) is 0.533. The highest BCUT2D eigenvalue weighted by Gasteiger charge is 2.18. The molecule has 4 heteroatoms. The number of hydrogen-bond donors (Lipinski definition) is 1. The number of benzene rings is 1. The van der Waals surface area contributed by atoms with E-state index < -0.39 is 0 Å². The van der Waals surface area contributed by atoms with E-state index in [1.165, 1.54) is 7.11 Å². The lowest BCUT2D eigenvalue weighted by molar-refractivity contribution is -0.142. The van der Waals surface area contributed by atoms with Crippen molar-refractivity contribution < 1.29 is 14.3 Å². The zero-order chi connectivity index (χ0) is 14.4. The van der Waals surface area contributed by atoms with E-state index in [9.17, 15) is 4.79 Å². The first-order valence-corrected chi connectivity index (χ1v) is 6.55. The fourth-order valence-corrected chi connectivity index (χ4v) is 1.91. The van der Waals surface area contributed by atoms with Crippen LogP contribution < -0.4 is 10.1 Å². The smallest absolute Gasteiger partial charge is 0.322 e. The molecule has 0 bridgehead atoms. The Morgan fingerprint density at radius 2 is 1.79 bits per heavy atom. The second-order valence-electron chi connectivity index (χ2n) is 4.84. The van der Waals surface area contributed by atoms with Crippen molar-refractivity contribution in [2.45, 2.75) is 45.9 Å². The van der Waals surface area contributed by atoms with E-state index >= 15 is 0 Å². The van der Waals surface area contributed by atoms with E-state index in [0.29, 0.717) is 0 Å². The molecule has 1 aromatic carbocycles. The van der Waals surface area contributed by atoms with Crippen molar-refractivity contribution in [3.05, 3.63) is 29.8 Å². The number of hydrogen-bond acceptors (Lipinski definition) is 4. The number of para-hydroxylation sites is 1. The molecule has 0 saturated carbocycles. The van der Waals surface area contributed by atoms with E-state index in [2.05, 4.69) is 5.32 Å². The van der Waals surface area contributed by atoms with Crippen LogP contribution in [-0.4, -0.2) is 25.2 Å². The lowest BCUT2D eigenvalue weighted by Crippen LogP contribution is -2.36. The average Bonchev–Trinajstić information content (AvgIpc) is 2.37. The van der Waals surface area contributed by atoms with Crippen LogP contribution in [0.4, 0.5) is 0 Å². The molecule has 0 radical (unpaired) electrons. The number of ether oxygens (including phenoxy) is 2. The lowest BCUT2D eigenvalue weighted by Gasteiger charge is -2.22. The van der Waals surface area contributed by atoms with Gasteiger partial charge in [0, 0.05) is 11.6 Å². The molecule has 19 heavy (non-hydrogen) atoms. The summed E-state index contributed by atoms with van der Waals surface area (Å²) >= 11 is 0. The molecule has 106 valence electrons. The van der Waals surface area contributed by atoms with Crippen LogP contribution in [0, 0.1) is 0 Å². The topological polar surface area (TPSA) is 47.6 Å². The molecule has 1 N–H and O–H groups in total. The van der Waals surface area contributed by atoms with Gasteiger partial charge in [-0.2, -0.15) is 0 Å². The van der Waals surface area contributed by atoms with Crippen LogP contribution in [-0.2, 0) is 9.53 Å². The van der Waals surface area contributed by atoms with Gasteiger partial charge in [0.25, 0.3) is 0 Å². The molecule has 0 heterocycles. The summed E-state index contributed by atoms with van der Waals surface area (Å²) < 4.78 is 10.5. The second kappa shape index (κ2) is 7.14. The predicted octanol–water partition coefficient (Wildman–Crippen LogP) is 2.69. The van der Waals surface area contributed by atoms with Crippen LogP contribution in [0.2, 0.25) is 0 Å². The van der Waals surface area contributed by atoms with Gasteiger partial charge in [-0.05, 0) is 33.8 Å². The Balaban J connectivity index is 2.81. The molecular formula is C15H23NO3. The zero-order valence-electron chi connectivity index (χ0n) is 12.3. The van der Waals surface area contributed by atoms with Crippen LogP contribution in [0.15, 0.2) is 24.3 Å². The maximum Gasteiger partial charge on any atom is 0.322 e. The standard InChI is InChI=1S/C15H23NO3/c1-10(2)19-14-9-7-6-8-13(14)11(3)16-12(4)15(17)18-5/h6-12,16H,1-5H3. The van der Waals surface area contributed by atoms with E-state index in [0.717, 1.165) is 11.3 Å². The monoisotopic (exact) mass is 265 g/mol. The normalized spacial score (nSPS) is 14.0. The average molecular weight is 265 g/mol. The number of carbonyl (C=O) groups excluding carboxylic acids is 1. The van der Waals surface area contributed by atoms with Crippen LogP contribution in [0.25, 0.3) is 0 Å². The molecule has 1 rings (SSSR count). The third-order valence-corrected chi connectivity index (χ3v) is 2.80. The summed E-state index contributed by atoms with van der Waals surface area (Å²) in [7, 11) is 1.39. The van der Waals surface area contributed by atoms with Crippen molar-refractivity contribution in [1.29, 1.82) is 0 Å². The van der Waals surface area contributed by atoms with Crippen molar-refractivity contribution in [2.75, 3.05) is 7.11 Å². The SMILES string of the molecule is COC(=O)C(C)NC(C)c1ccccc1OC(C)C. The Kier molecular flexibility index (Phi) is 5.83. The van der Waals surface area contributed by atoms with E-state index in [1.54, 1.807) is 6.92 Å². The van der Waals surface area contributed by atoms with Gasteiger partial charge in [0.2, 0.25) is 0 Å². The van der Waals surface area contributed by atoms with Crippen LogP contribution >= 0.6 is 0 Å². The summed E-state index contributed by atoms with van der Waals surface area (Å²) in [5.74, 6) is 0.573. The molecule has 4 nitrogen and oxygen atoms in total. The highest BCUT2D eigenvalue weighted by Crippen LogP contribution is 2.26. The van der Waals surface area contributed by atoms with Crippen LogP contribution in [0.1, 0.15) is 39.3 Å². The Morgan fingerprint density at radius 3 is 2.37 bits per heavy atom. The molecule has 2 atom stereocenters. The number of methoxy groups -OCH3 is 1. The molecule has 0 saturated heterocycles. The Bertz CT molecular complexity index is 418. The number of esters is 1. The van der Waals surface area contributed by atoms with Gasteiger partial charge in [0.15, 0.2) is 0 Å². The molecular weight excluding hydrogens is 242 g/mol. The largest absolute Gasteiger partial charge is 0.491 e. The fourth-order valence-electron chi connectivity index (χ4n) is 1.91. The summed E-state index contributed by atoms with van der Waals surface area (Å²) in [5, 5.41) is 3.21. The van der Waals surface area contributed by atoms with Crippen molar-refractivity contribution in [3.8, 4) is 5.75 Å². The lowest BCUT2D eigenvalue weighted by atomic mass is 10.1. The van der Waals surface area contributed by atoms with Gasteiger partial charge in [-0.25, -0.2) is 0 Å². The molecule has 0 aliphatic rings. The highest BCUT2D eigenvalue weighted by atomic mass is 16.5. The second-order valence-corrected chi connectivity index (χ2v) is 4.84. The Morgan fingerprint density at radius 1 is 1.16 bits per heavy atom.